The van der Waals surface area contributed by atoms with Gasteiger partial charge in [0.05, 0.1) is 5.41 Å². The van der Waals surface area contributed by atoms with E-state index in [0.29, 0.717) is 0 Å². The lowest BCUT2D eigenvalue weighted by Gasteiger charge is -2.34. The summed E-state index contributed by atoms with van der Waals surface area (Å²) in [5.41, 5.74) is 21.0. The van der Waals surface area contributed by atoms with Crippen molar-refractivity contribution in [2.75, 3.05) is 4.90 Å². The van der Waals surface area contributed by atoms with E-state index in [1.807, 2.05) is 0 Å². The quantitative estimate of drug-likeness (QED) is 0.138. The summed E-state index contributed by atoms with van der Waals surface area (Å²) in [5, 5.41) is 2.46. The summed E-state index contributed by atoms with van der Waals surface area (Å²) < 4.78 is 0. The van der Waals surface area contributed by atoms with Crippen LogP contribution in [-0.4, -0.2) is 0 Å². The van der Waals surface area contributed by atoms with Crippen LogP contribution < -0.4 is 4.90 Å². The molecule has 0 saturated heterocycles. The van der Waals surface area contributed by atoms with Crippen LogP contribution in [0.2, 0.25) is 0 Å². The van der Waals surface area contributed by atoms with Gasteiger partial charge >= 0.3 is 0 Å². The Kier molecular flexibility index (Phi) is 9.14. The molecule has 0 N–H and O–H groups in total. The van der Waals surface area contributed by atoms with Gasteiger partial charge in [0.15, 0.2) is 0 Å². The van der Waals surface area contributed by atoms with Gasteiger partial charge in [-0.15, -0.1) is 0 Å². The molecule has 0 saturated carbocycles. The second kappa shape index (κ2) is 15.4. The first-order chi connectivity index (χ1) is 32.0. The molecule has 10 aromatic rings. The van der Waals surface area contributed by atoms with Gasteiger partial charge in [-0.3, -0.25) is 0 Å². The molecule has 0 spiro atoms. The largest absolute Gasteiger partial charge is 0.310 e. The van der Waals surface area contributed by atoms with Crippen molar-refractivity contribution >= 4 is 40.0 Å². The highest BCUT2D eigenvalue weighted by Crippen LogP contribution is 2.58. The van der Waals surface area contributed by atoms with Gasteiger partial charge in [0.25, 0.3) is 0 Å². The van der Waals surface area contributed by atoms with E-state index in [2.05, 4.69) is 267 Å². The molecule has 0 fully saturated rings. The van der Waals surface area contributed by atoms with Crippen molar-refractivity contribution in [3.8, 4) is 33.4 Å². The number of hydrogen-bond acceptors (Lipinski definition) is 1. The van der Waals surface area contributed by atoms with Crippen molar-refractivity contribution in [2.45, 2.75) is 24.7 Å². The second-order valence-corrected chi connectivity index (χ2v) is 18.1. The third-order valence-corrected chi connectivity index (χ3v) is 14.1. The van der Waals surface area contributed by atoms with Crippen molar-refractivity contribution < 1.29 is 0 Å². The predicted octanol–water partition coefficient (Wildman–Crippen LogP) is 16.8. The summed E-state index contributed by atoms with van der Waals surface area (Å²) in [6.45, 7) is 4.74. The van der Waals surface area contributed by atoms with E-state index >= 15 is 0 Å². The van der Waals surface area contributed by atoms with Gasteiger partial charge in [-0.05, 0) is 137 Å². The maximum atomic E-state index is 2.40. The van der Waals surface area contributed by atoms with Crippen LogP contribution in [0.25, 0.3) is 56.3 Å². The zero-order valence-electron chi connectivity index (χ0n) is 36.6. The number of hydrogen-bond donors (Lipinski definition) is 0. The maximum absolute atomic E-state index is 2.40. The first-order valence-corrected chi connectivity index (χ1v) is 22.7. The number of benzene rings is 10. The zero-order valence-corrected chi connectivity index (χ0v) is 36.6. The Hall–Kier alpha value is -8.00. The minimum Gasteiger partial charge on any atom is -0.310 e. The molecule has 0 unspecified atom stereocenters. The Bertz CT molecular complexity index is 3360. The lowest BCUT2D eigenvalue weighted by molar-refractivity contribution is 0.660. The van der Waals surface area contributed by atoms with Crippen molar-refractivity contribution in [1.82, 2.24) is 0 Å². The highest BCUT2D eigenvalue weighted by molar-refractivity contribution is 5.98. The van der Waals surface area contributed by atoms with Crippen LogP contribution in [0.5, 0.6) is 0 Å². The smallest absolute Gasteiger partial charge is 0.0713 e. The van der Waals surface area contributed by atoms with Gasteiger partial charge in [-0.1, -0.05) is 214 Å². The summed E-state index contributed by atoms with van der Waals surface area (Å²) >= 11 is 0. The lowest BCUT2D eigenvalue weighted by Crippen LogP contribution is -2.28. The molecule has 0 aliphatic heterocycles. The molecule has 308 valence electrons. The Labute approximate surface area is 382 Å². The van der Waals surface area contributed by atoms with Crippen molar-refractivity contribution in [1.29, 1.82) is 0 Å². The van der Waals surface area contributed by atoms with Gasteiger partial charge in [0.1, 0.15) is 0 Å². The highest BCUT2D eigenvalue weighted by atomic mass is 15.1. The Morgan fingerprint density at radius 1 is 0.338 bits per heavy atom. The number of nitrogens with zero attached hydrogens (tertiary/aromatic N) is 1. The van der Waals surface area contributed by atoms with Crippen molar-refractivity contribution in [2.24, 2.45) is 0 Å². The standard InChI is InChI=1S/C64H47N/c1-63(2)60-41-45(33-38-55(60)56-39-37-53(43-61(56)63)65(51-22-11-5-12-23-51)52-24-13-6-14-25-52)31-30-44-32-34-47-42-48(36-35-46(47)40-44)54-27-17-29-59-62(54)57-26-15-16-28-58(57)64(59,49-18-7-3-8-19-49)50-20-9-4-10-21-50/h3-43H,1-2H3/b31-30+. The lowest BCUT2D eigenvalue weighted by atomic mass is 9.67. The molecule has 1 heteroatoms. The Morgan fingerprint density at radius 2 is 0.846 bits per heavy atom. The third-order valence-electron chi connectivity index (χ3n) is 14.1. The highest BCUT2D eigenvalue weighted by Gasteiger charge is 2.46. The van der Waals surface area contributed by atoms with E-state index < -0.39 is 5.41 Å². The molecule has 1 nitrogen and oxygen atoms in total. The number of rotatable bonds is 8. The molecule has 65 heavy (non-hydrogen) atoms. The molecule has 10 aromatic carbocycles. The Balaban J connectivity index is 0.859. The van der Waals surface area contributed by atoms with Crippen LogP contribution in [-0.2, 0) is 10.8 Å². The van der Waals surface area contributed by atoms with Crippen LogP contribution in [0.15, 0.2) is 237 Å². The van der Waals surface area contributed by atoms with E-state index in [4.69, 9.17) is 0 Å². The molecule has 2 aliphatic carbocycles. The molecule has 0 bridgehead atoms. The first-order valence-electron chi connectivity index (χ1n) is 22.7. The summed E-state index contributed by atoms with van der Waals surface area (Å²) in [5.74, 6) is 0. The molecular weight excluding hydrogens is 783 g/mol. The molecule has 0 radical (unpaired) electrons. The van der Waals surface area contributed by atoms with Crippen LogP contribution >= 0.6 is 0 Å². The van der Waals surface area contributed by atoms with Gasteiger partial charge in [0.2, 0.25) is 0 Å². The van der Waals surface area contributed by atoms with Crippen molar-refractivity contribution in [3.63, 3.8) is 0 Å². The fourth-order valence-corrected chi connectivity index (χ4v) is 11.0. The molecule has 12 rings (SSSR count). The van der Waals surface area contributed by atoms with Gasteiger partial charge in [-0.25, -0.2) is 0 Å². The average molecular weight is 830 g/mol. The van der Waals surface area contributed by atoms with Crippen LogP contribution in [0.3, 0.4) is 0 Å². The summed E-state index contributed by atoms with van der Waals surface area (Å²) in [6, 6.07) is 87.1. The molecular formula is C64H47N. The SMILES string of the molecule is CC1(C)c2cc(/C=C/c3ccc4cc(-c5cccc6c5-c5ccccc5C6(c5ccccc5)c5ccccc5)ccc4c3)ccc2-c2ccc(N(c3ccccc3)c3ccccc3)cc21. The predicted molar refractivity (Wildman–Crippen MR) is 274 cm³/mol. The molecule has 0 aromatic heterocycles. The van der Waals surface area contributed by atoms with E-state index in [9.17, 15) is 0 Å². The van der Waals surface area contributed by atoms with E-state index in [1.165, 1.54) is 88.7 Å². The number of fused-ring (bicyclic) bond motifs is 7. The maximum Gasteiger partial charge on any atom is 0.0713 e. The van der Waals surface area contributed by atoms with Crippen LogP contribution in [0, 0.1) is 0 Å². The third kappa shape index (κ3) is 6.22. The summed E-state index contributed by atoms with van der Waals surface area (Å²) in [6.07, 6.45) is 4.52. The normalized spacial score (nSPS) is 13.9. The fourth-order valence-electron chi connectivity index (χ4n) is 11.0. The van der Waals surface area contributed by atoms with Gasteiger partial charge < -0.3 is 4.90 Å². The first kappa shape index (κ1) is 38.7. The summed E-state index contributed by atoms with van der Waals surface area (Å²) in [7, 11) is 0. The van der Waals surface area contributed by atoms with E-state index in [1.54, 1.807) is 0 Å². The minimum atomic E-state index is -0.419. The number of anilines is 3. The Morgan fingerprint density at radius 3 is 1.52 bits per heavy atom. The van der Waals surface area contributed by atoms with Crippen molar-refractivity contribution in [3.05, 3.63) is 281 Å². The van der Waals surface area contributed by atoms with E-state index in [-0.39, 0.29) is 5.41 Å². The molecule has 2 aliphatic rings. The topological polar surface area (TPSA) is 3.24 Å². The molecule has 0 amide bonds. The van der Waals surface area contributed by atoms with Gasteiger partial charge in [0, 0.05) is 22.5 Å². The second-order valence-electron chi connectivity index (χ2n) is 18.1. The molecule has 0 atom stereocenters. The van der Waals surface area contributed by atoms with Crippen LogP contribution in [0.4, 0.5) is 17.1 Å². The number of para-hydroxylation sites is 2. The van der Waals surface area contributed by atoms with Crippen LogP contribution in [0.1, 0.15) is 58.4 Å². The monoisotopic (exact) mass is 829 g/mol. The summed E-state index contributed by atoms with van der Waals surface area (Å²) in [4.78, 5) is 2.35. The molecule has 0 heterocycles. The average Bonchev–Trinajstić information content (AvgIpc) is 3.79. The minimum absolute atomic E-state index is 0.157. The fraction of sp³-hybridized carbons (Fsp3) is 0.0625. The van der Waals surface area contributed by atoms with Gasteiger partial charge in [-0.2, -0.15) is 0 Å². The van der Waals surface area contributed by atoms with E-state index in [0.717, 1.165) is 17.1 Å². The zero-order chi connectivity index (χ0) is 43.5.